The van der Waals surface area contributed by atoms with Gasteiger partial charge in [0.1, 0.15) is 5.82 Å². The highest BCUT2D eigenvalue weighted by Gasteiger charge is 2.22. The van der Waals surface area contributed by atoms with Crippen molar-refractivity contribution in [3.63, 3.8) is 0 Å². The average Bonchev–Trinajstić information content (AvgIpc) is 2.66. The zero-order chi connectivity index (χ0) is 19.6. The normalized spacial score (nSPS) is 15.0. The van der Waals surface area contributed by atoms with E-state index < -0.39 is 0 Å². The molecule has 0 aliphatic carbocycles. The Bertz CT molecular complexity index is 653. The molecule has 3 N–H and O–H groups in total. The summed E-state index contributed by atoms with van der Waals surface area (Å²) in [6, 6.07) is 1.66. The molecular formula is C18H29Cl2IN6O. The first-order chi connectivity index (χ1) is 13.0. The third kappa shape index (κ3) is 8.16. The molecule has 0 bridgehead atoms. The maximum Gasteiger partial charge on any atom is 0.220 e. The fraction of sp³-hybridized carbons (Fsp3) is 0.611. The average molecular weight is 543 g/mol. The quantitative estimate of drug-likeness (QED) is 0.213. The minimum absolute atomic E-state index is 0. The molecule has 1 fully saturated rings. The van der Waals surface area contributed by atoms with Crippen LogP contribution >= 0.6 is 47.2 Å². The Morgan fingerprint density at radius 2 is 2.07 bits per heavy atom. The van der Waals surface area contributed by atoms with Crippen molar-refractivity contribution in [2.45, 2.75) is 26.2 Å². The number of carbonyl (C=O) groups is 1. The van der Waals surface area contributed by atoms with Crippen LogP contribution in [-0.4, -0.2) is 61.5 Å². The Labute approximate surface area is 194 Å². The zero-order valence-electron chi connectivity index (χ0n) is 16.3. The van der Waals surface area contributed by atoms with Crippen molar-refractivity contribution < 1.29 is 4.79 Å². The van der Waals surface area contributed by atoms with E-state index in [0.717, 1.165) is 38.4 Å². The predicted molar refractivity (Wildman–Crippen MR) is 127 cm³/mol. The van der Waals surface area contributed by atoms with E-state index in [1.54, 1.807) is 19.3 Å². The highest BCUT2D eigenvalue weighted by atomic mass is 127. The number of nitrogens with zero attached hydrogens (tertiary/aromatic N) is 3. The van der Waals surface area contributed by atoms with Crippen LogP contribution in [-0.2, 0) is 4.79 Å². The molecule has 1 aromatic heterocycles. The van der Waals surface area contributed by atoms with Gasteiger partial charge >= 0.3 is 0 Å². The fourth-order valence-electron chi connectivity index (χ4n) is 3.02. The first kappa shape index (κ1) is 25.0. The summed E-state index contributed by atoms with van der Waals surface area (Å²) >= 11 is 12.0. The Morgan fingerprint density at radius 3 is 2.68 bits per heavy atom. The smallest absolute Gasteiger partial charge is 0.220 e. The van der Waals surface area contributed by atoms with E-state index in [9.17, 15) is 4.79 Å². The van der Waals surface area contributed by atoms with Crippen molar-refractivity contribution >= 4 is 64.9 Å². The van der Waals surface area contributed by atoms with Crippen LogP contribution in [0.1, 0.15) is 26.2 Å². The number of aliphatic imine (C=N–C) groups is 1. The number of halogens is 3. The lowest BCUT2D eigenvalue weighted by molar-refractivity contribution is -0.121. The molecule has 2 heterocycles. The van der Waals surface area contributed by atoms with Gasteiger partial charge in [0.25, 0.3) is 0 Å². The summed E-state index contributed by atoms with van der Waals surface area (Å²) in [5.41, 5.74) is 0. The number of hydrogen-bond acceptors (Lipinski definition) is 4. The molecular weight excluding hydrogens is 514 g/mol. The van der Waals surface area contributed by atoms with E-state index in [4.69, 9.17) is 28.2 Å². The number of anilines is 1. The molecule has 1 saturated heterocycles. The van der Waals surface area contributed by atoms with E-state index in [1.165, 1.54) is 0 Å². The first-order valence-electron chi connectivity index (χ1n) is 9.32. The Morgan fingerprint density at radius 1 is 1.36 bits per heavy atom. The maximum absolute atomic E-state index is 11.5. The van der Waals surface area contributed by atoms with Gasteiger partial charge in [-0.2, -0.15) is 0 Å². The molecule has 2 rings (SSSR count). The van der Waals surface area contributed by atoms with Gasteiger partial charge in [-0.25, -0.2) is 4.98 Å². The summed E-state index contributed by atoms with van der Waals surface area (Å²) in [5.74, 6) is 2.09. The number of rotatable bonds is 7. The van der Waals surface area contributed by atoms with Crippen LogP contribution in [0.25, 0.3) is 0 Å². The third-order valence-corrected chi connectivity index (χ3v) is 4.97. The lowest BCUT2D eigenvalue weighted by atomic mass is 9.93. The van der Waals surface area contributed by atoms with Gasteiger partial charge in [0.05, 0.1) is 16.6 Å². The van der Waals surface area contributed by atoms with Crippen LogP contribution in [0.4, 0.5) is 5.82 Å². The van der Waals surface area contributed by atoms with Crippen molar-refractivity contribution in [1.82, 2.24) is 20.5 Å². The summed E-state index contributed by atoms with van der Waals surface area (Å²) < 4.78 is 0. The van der Waals surface area contributed by atoms with Gasteiger partial charge in [-0.3, -0.25) is 9.79 Å². The van der Waals surface area contributed by atoms with Crippen LogP contribution in [0.2, 0.25) is 10.0 Å². The number of nitrogens with one attached hydrogen (secondary N) is 3. The van der Waals surface area contributed by atoms with E-state index in [0.29, 0.717) is 41.3 Å². The predicted octanol–water partition coefficient (Wildman–Crippen LogP) is 3.23. The minimum atomic E-state index is 0. The highest BCUT2D eigenvalue weighted by molar-refractivity contribution is 14.0. The number of aromatic nitrogens is 1. The second-order valence-corrected chi connectivity index (χ2v) is 7.30. The molecule has 7 nitrogen and oxygen atoms in total. The molecule has 10 heteroatoms. The molecule has 0 unspecified atom stereocenters. The van der Waals surface area contributed by atoms with Crippen molar-refractivity contribution in [1.29, 1.82) is 0 Å². The number of piperidine rings is 1. The number of amides is 1. The van der Waals surface area contributed by atoms with Crippen LogP contribution in [0.3, 0.4) is 0 Å². The van der Waals surface area contributed by atoms with Gasteiger partial charge in [-0.15, -0.1) is 24.0 Å². The largest absolute Gasteiger partial charge is 0.367 e. The number of likely N-dealkylation sites (tertiary alicyclic amines) is 1. The van der Waals surface area contributed by atoms with E-state index in [-0.39, 0.29) is 29.9 Å². The summed E-state index contributed by atoms with van der Waals surface area (Å²) in [4.78, 5) is 22.7. The van der Waals surface area contributed by atoms with E-state index in [1.807, 2.05) is 0 Å². The van der Waals surface area contributed by atoms with Gasteiger partial charge in [0.2, 0.25) is 5.91 Å². The Hall–Kier alpha value is -1.000. The molecule has 0 atom stereocenters. The highest BCUT2D eigenvalue weighted by Crippen LogP contribution is 2.22. The fourth-order valence-corrected chi connectivity index (χ4v) is 3.47. The van der Waals surface area contributed by atoms with Gasteiger partial charge in [-0.1, -0.05) is 23.2 Å². The molecule has 158 valence electrons. The SMILES string of the molecule is CCNC(=NCCNc1ncc(Cl)cc1Cl)N1CCC(CC(=O)NC)CC1.I. The zero-order valence-corrected chi connectivity index (χ0v) is 20.1. The lowest BCUT2D eigenvalue weighted by Crippen LogP contribution is -2.46. The van der Waals surface area contributed by atoms with E-state index >= 15 is 0 Å². The van der Waals surface area contributed by atoms with Crippen molar-refractivity contribution in [3.8, 4) is 0 Å². The van der Waals surface area contributed by atoms with Crippen molar-refractivity contribution in [2.24, 2.45) is 10.9 Å². The van der Waals surface area contributed by atoms with Crippen molar-refractivity contribution in [3.05, 3.63) is 22.3 Å². The Kier molecular flexibility index (Phi) is 11.9. The molecule has 0 aromatic carbocycles. The standard InChI is InChI=1S/C18H28Cl2N6O.HI/c1-3-22-18(26-8-4-13(5-9-26)10-16(27)21-2)24-7-6-23-17-15(20)11-14(19)12-25-17;/h11-13H,3-10H2,1-2H3,(H,21,27)(H,22,24)(H,23,25);1H. The number of guanidine groups is 1. The van der Waals surface area contributed by atoms with Crippen LogP contribution in [0, 0.1) is 5.92 Å². The van der Waals surface area contributed by atoms with Gasteiger partial charge in [0.15, 0.2) is 5.96 Å². The number of hydrogen-bond donors (Lipinski definition) is 3. The van der Waals surface area contributed by atoms with Crippen LogP contribution in [0.5, 0.6) is 0 Å². The van der Waals surface area contributed by atoms with Crippen LogP contribution in [0.15, 0.2) is 17.3 Å². The number of carbonyl (C=O) groups excluding carboxylic acids is 1. The summed E-state index contributed by atoms with van der Waals surface area (Å²) in [6.45, 7) is 5.91. The van der Waals surface area contributed by atoms with Gasteiger partial charge < -0.3 is 20.9 Å². The maximum atomic E-state index is 11.5. The first-order valence-corrected chi connectivity index (χ1v) is 10.1. The van der Waals surface area contributed by atoms with E-state index in [2.05, 4.69) is 32.8 Å². The molecule has 1 aliphatic heterocycles. The third-order valence-electron chi connectivity index (χ3n) is 4.48. The lowest BCUT2D eigenvalue weighted by Gasteiger charge is -2.34. The molecule has 28 heavy (non-hydrogen) atoms. The summed E-state index contributed by atoms with van der Waals surface area (Å²) in [5, 5.41) is 10.2. The molecule has 1 aliphatic rings. The minimum Gasteiger partial charge on any atom is -0.367 e. The summed E-state index contributed by atoms with van der Waals surface area (Å²) in [6.07, 6.45) is 4.17. The second kappa shape index (κ2) is 13.3. The molecule has 0 saturated carbocycles. The van der Waals surface area contributed by atoms with Gasteiger partial charge in [0, 0.05) is 45.8 Å². The molecule has 1 aromatic rings. The number of pyridine rings is 1. The Balaban J connectivity index is 0.00000392. The summed E-state index contributed by atoms with van der Waals surface area (Å²) in [7, 11) is 1.69. The second-order valence-electron chi connectivity index (χ2n) is 6.45. The van der Waals surface area contributed by atoms with Crippen molar-refractivity contribution in [2.75, 3.05) is 45.1 Å². The molecule has 0 spiro atoms. The molecule has 0 radical (unpaired) electrons. The molecule has 1 amide bonds. The van der Waals surface area contributed by atoms with Gasteiger partial charge in [-0.05, 0) is 31.7 Å². The van der Waals surface area contributed by atoms with Crippen LogP contribution < -0.4 is 16.0 Å². The monoisotopic (exact) mass is 542 g/mol. The topological polar surface area (TPSA) is 81.7 Å².